The number of fused-ring (bicyclic) bond motifs is 2. The highest BCUT2D eigenvalue weighted by atomic mass is 32.2. The van der Waals surface area contributed by atoms with Crippen LogP contribution in [0.2, 0.25) is 0 Å². The average Bonchev–Trinajstić information content (AvgIpc) is 3.24. The molecule has 206 valence electrons. The first-order valence-corrected chi connectivity index (χ1v) is 15.7. The Labute approximate surface area is 233 Å². The molecule has 1 aliphatic carbocycles. The van der Waals surface area contributed by atoms with E-state index in [0.717, 1.165) is 56.4 Å². The fourth-order valence-electron chi connectivity index (χ4n) is 6.46. The average molecular weight is 546 g/mol. The van der Waals surface area contributed by atoms with Crippen LogP contribution in [0.25, 0.3) is 0 Å². The minimum absolute atomic E-state index is 0.00238. The third-order valence-electron chi connectivity index (χ3n) is 8.40. The van der Waals surface area contributed by atoms with Gasteiger partial charge in [0.2, 0.25) is 15.9 Å². The number of benzene rings is 3. The summed E-state index contributed by atoms with van der Waals surface area (Å²) < 4.78 is 26.6. The van der Waals surface area contributed by atoms with Gasteiger partial charge in [-0.3, -0.25) is 9.10 Å². The summed E-state index contributed by atoms with van der Waals surface area (Å²) in [5, 5.41) is 3.40. The van der Waals surface area contributed by atoms with Crippen LogP contribution in [0.4, 0.5) is 5.69 Å². The van der Waals surface area contributed by atoms with Gasteiger partial charge in [0.25, 0.3) is 0 Å². The third-order valence-corrected chi connectivity index (χ3v) is 9.53. The molecule has 5 rings (SSSR count). The first kappa shape index (κ1) is 27.4. The number of carbonyl (C=O) groups excluding carboxylic acids is 1. The normalized spacial score (nSPS) is 21.6. The number of rotatable bonds is 9. The molecule has 1 spiro atoms. The van der Waals surface area contributed by atoms with Crippen LogP contribution in [0.3, 0.4) is 0 Å². The summed E-state index contributed by atoms with van der Waals surface area (Å²) in [5.41, 5.74) is 4.16. The van der Waals surface area contributed by atoms with Crippen molar-refractivity contribution in [1.82, 2.24) is 10.2 Å². The van der Waals surface area contributed by atoms with Crippen LogP contribution in [-0.4, -0.2) is 51.7 Å². The van der Waals surface area contributed by atoms with Crippen molar-refractivity contribution in [3.63, 3.8) is 0 Å². The highest BCUT2D eigenvalue weighted by Crippen LogP contribution is 2.50. The molecule has 1 N–H and O–H groups in total. The second-order valence-corrected chi connectivity index (χ2v) is 13.3. The molecule has 1 aliphatic heterocycles. The van der Waals surface area contributed by atoms with Crippen molar-refractivity contribution in [2.75, 3.05) is 30.7 Å². The predicted molar refractivity (Wildman–Crippen MR) is 157 cm³/mol. The van der Waals surface area contributed by atoms with Crippen LogP contribution >= 0.6 is 0 Å². The van der Waals surface area contributed by atoms with E-state index < -0.39 is 10.0 Å². The summed E-state index contributed by atoms with van der Waals surface area (Å²) >= 11 is 0. The first-order chi connectivity index (χ1) is 18.7. The Morgan fingerprint density at radius 2 is 1.54 bits per heavy atom. The fourth-order valence-corrected chi connectivity index (χ4v) is 7.45. The molecule has 1 atom stereocenters. The largest absolute Gasteiger partial charge is 0.352 e. The van der Waals surface area contributed by atoms with E-state index in [9.17, 15) is 13.2 Å². The quantitative estimate of drug-likeness (QED) is 0.421. The van der Waals surface area contributed by atoms with Gasteiger partial charge in [-0.05, 0) is 61.9 Å². The summed E-state index contributed by atoms with van der Waals surface area (Å²) in [4.78, 5) is 15.8. The lowest BCUT2D eigenvalue weighted by molar-refractivity contribution is -0.127. The minimum Gasteiger partial charge on any atom is -0.352 e. The van der Waals surface area contributed by atoms with Gasteiger partial charge in [-0.1, -0.05) is 78.9 Å². The zero-order chi connectivity index (χ0) is 27.5. The van der Waals surface area contributed by atoms with Gasteiger partial charge in [-0.15, -0.1) is 0 Å². The summed E-state index contributed by atoms with van der Waals surface area (Å²) in [6, 6.07) is 28.6. The van der Waals surface area contributed by atoms with Crippen molar-refractivity contribution < 1.29 is 13.2 Å². The smallest absolute Gasteiger partial charge is 0.232 e. The van der Waals surface area contributed by atoms with Gasteiger partial charge in [0.1, 0.15) is 0 Å². The molecule has 2 aliphatic rings. The van der Waals surface area contributed by atoms with E-state index in [0.29, 0.717) is 6.54 Å². The van der Waals surface area contributed by atoms with Crippen LogP contribution in [0, 0.1) is 5.92 Å². The summed E-state index contributed by atoms with van der Waals surface area (Å²) in [6.45, 7) is 2.05. The molecule has 1 heterocycles. The summed E-state index contributed by atoms with van der Waals surface area (Å²) in [5.74, 6) is 0.0536. The van der Waals surface area contributed by atoms with Crippen molar-refractivity contribution in [2.24, 2.45) is 5.92 Å². The number of sulfonamides is 1. The van der Waals surface area contributed by atoms with E-state index in [4.69, 9.17) is 0 Å². The molecular weight excluding hydrogens is 506 g/mol. The van der Waals surface area contributed by atoms with E-state index in [2.05, 4.69) is 59.7 Å². The van der Waals surface area contributed by atoms with Crippen LogP contribution in [0.5, 0.6) is 0 Å². The number of nitrogens with zero attached hydrogens (tertiary/aromatic N) is 2. The zero-order valence-electron chi connectivity index (χ0n) is 22.9. The number of anilines is 1. The van der Waals surface area contributed by atoms with Gasteiger partial charge >= 0.3 is 0 Å². The zero-order valence-corrected chi connectivity index (χ0v) is 23.7. The Kier molecular flexibility index (Phi) is 8.10. The third kappa shape index (κ3) is 6.36. The van der Waals surface area contributed by atoms with Crippen molar-refractivity contribution in [2.45, 2.75) is 50.1 Å². The SMILES string of the molecule is CN(Cc1ccccc1)CC(Cc1ccccc1)NC(=O)C1CCC2(CC1)CN(S(C)(=O)=O)c1ccccc12. The predicted octanol–water partition coefficient (Wildman–Crippen LogP) is 4.75. The van der Waals surface area contributed by atoms with Gasteiger partial charge < -0.3 is 10.2 Å². The number of carbonyl (C=O) groups is 1. The minimum atomic E-state index is -3.35. The van der Waals surface area contributed by atoms with Crippen LogP contribution in [0.1, 0.15) is 42.4 Å². The van der Waals surface area contributed by atoms with E-state index >= 15 is 0 Å². The number of hydrogen-bond donors (Lipinski definition) is 1. The number of nitrogens with one attached hydrogen (secondary N) is 1. The van der Waals surface area contributed by atoms with Crippen molar-refractivity contribution in [3.05, 3.63) is 102 Å². The van der Waals surface area contributed by atoms with Gasteiger partial charge in [-0.2, -0.15) is 0 Å². The maximum absolute atomic E-state index is 13.6. The summed E-state index contributed by atoms with van der Waals surface area (Å²) in [7, 11) is -1.25. The summed E-state index contributed by atoms with van der Waals surface area (Å²) in [6.07, 6.45) is 5.20. The second kappa shape index (κ2) is 11.5. The number of para-hydroxylation sites is 1. The van der Waals surface area contributed by atoms with Crippen molar-refractivity contribution in [3.8, 4) is 0 Å². The Morgan fingerprint density at radius 3 is 2.18 bits per heavy atom. The van der Waals surface area contributed by atoms with Crippen molar-refractivity contribution >= 4 is 21.6 Å². The van der Waals surface area contributed by atoms with E-state index in [1.165, 1.54) is 17.4 Å². The van der Waals surface area contributed by atoms with Crippen molar-refractivity contribution in [1.29, 1.82) is 0 Å². The monoisotopic (exact) mass is 545 g/mol. The molecule has 6 nitrogen and oxygen atoms in total. The first-order valence-electron chi connectivity index (χ1n) is 13.9. The second-order valence-electron chi connectivity index (χ2n) is 11.4. The Hall–Kier alpha value is -3.16. The van der Waals surface area contributed by atoms with E-state index in [-0.39, 0.29) is 23.3 Å². The topological polar surface area (TPSA) is 69.7 Å². The fraction of sp³-hybridized carbons (Fsp3) is 0.406. The van der Waals surface area contributed by atoms with E-state index in [1.807, 2.05) is 42.5 Å². The Balaban J connectivity index is 1.25. The molecule has 3 aromatic rings. The van der Waals surface area contributed by atoms with Crippen LogP contribution < -0.4 is 9.62 Å². The molecule has 1 fully saturated rings. The number of amides is 1. The van der Waals surface area contributed by atoms with Gasteiger partial charge in [0, 0.05) is 37.0 Å². The maximum Gasteiger partial charge on any atom is 0.232 e. The molecule has 3 aromatic carbocycles. The molecule has 7 heteroatoms. The number of likely N-dealkylation sites (N-methyl/N-ethyl adjacent to an activating group) is 1. The molecule has 39 heavy (non-hydrogen) atoms. The highest BCUT2D eigenvalue weighted by Gasteiger charge is 2.48. The van der Waals surface area contributed by atoms with Gasteiger partial charge in [0.05, 0.1) is 11.9 Å². The molecule has 0 radical (unpaired) electrons. The molecule has 1 unspecified atom stereocenters. The molecular formula is C32H39N3O3S. The standard InChI is InChI=1S/C32H39N3O3S/c1-34(22-26-13-7-4-8-14-26)23-28(21-25-11-5-3-6-12-25)33-31(36)27-17-19-32(20-18-27)24-35(39(2,37)38)30-16-10-9-15-29(30)32/h3-16,27-28H,17-24H2,1-2H3,(H,33,36). The molecule has 0 bridgehead atoms. The molecule has 0 aromatic heterocycles. The van der Waals surface area contributed by atoms with Crippen LogP contribution in [-0.2, 0) is 33.2 Å². The number of hydrogen-bond acceptors (Lipinski definition) is 4. The van der Waals surface area contributed by atoms with E-state index in [1.54, 1.807) is 4.31 Å². The van der Waals surface area contributed by atoms with Gasteiger partial charge in [0.15, 0.2) is 0 Å². The van der Waals surface area contributed by atoms with Gasteiger partial charge in [-0.25, -0.2) is 8.42 Å². The molecule has 1 saturated carbocycles. The molecule has 1 amide bonds. The molecule has 0 saturated heterocycles. The van der Waals surface area contributed by atoms with Crippen LogP contribution in [0.15, 0.2) is 84.9 Å². The highest BCUT2D eigenvalue weighted by molar-refractivity contribution is 7.92. The lowest BCUT2D eigenvalue weighted by Gasteiger charge is -2.38. The Bertz CT molecular complexity index is 1370. The lowest BCUT2D eigenvalue weighted by atomic mass is 9.67. The maximum atomic E-state index is 13.6. The lowest BCUT2D eigenvalue weighted by Crippen LogP contribution is -2.48. The Morgan fingerprint density at radius 1 is 0.949 bits per heavy atom.